The monoisotopic (exact) mass is 467 g/mol. The number of methoxy groups -OCH3 is 2. The van der Waals surface area contributed by atoms with E-state index >= 15 is 0 Å². The summed E-state index contributed by atoms with van der Waals surface area (Å²) in [4.78, 5) is 12.5. The summed E-state index contributed by atoms with van der Waals surface area (Å²) in [5, 5.41) is 11.2. The summed E-state index contributed by atoms with van der Waals surface area (Å²) < 4.78 is 68.3. The third kappa shape index (κ3) is 4.68. The van der Waals surface area contributed by atoms with Crippen molar-refractivity contribution in [3.63, 3.8) is 0 Å². The maximum absolute atomic E-state index is 14.3. The molecule has 0 amide bonds. The Bertz CT molecular complexity index is 1220. The molecule has 1 unspecified atom stereocenters. The van der Waals surface area contributed by atoms with Gasteiger partial charge in [0.2, 0.25) is 5.43 Å². The molecule has 0 aliphatic rings. The van der Waals surface area contributed by atoms with Crippen LogP contribution in [0.5, 0.6) is 11.5 Å². The molecule has 1 atom stereocenters. The van der Waals surface area contributed by atoms with Gasteiger partial charge in [-0.2, -0.15) is 13.2 Å². The van der Waals surface area contributed by atoms with Crippen LogP contribution in [0.25, 0.3) is 10.9 Å². The Balaban J connectivity index is 2.13. The highest BCUT2D eigenvalue weighted by atomic mass is 19.4. The lowest BCUT2D eigenvalue weighted by Gasteiger charge is -2.39. The van der Waals surface area contributed by atoms with Crippen LogP contribution < -0.4 is 14.9 Å². The molecule has 5 nitrogen and oxygen atoms in total. The summed E-state index contributed by atoms with van der Waals surface area (Å²) in [5.74, 6) is -0.573. The van der Waals surface area contributed by atoms with Crippen molar-refractivity contribution in [3.05, 3.63) is 70.3 Å². The maximum Gasteiger partial charge on any atom is 0.418 e. The molecular formula is C24H25F4NO4. The van der Waals surface area contributed by atoms with Crippen LogP contribution in [-0.2, 0) is 12.0 Å². The van der Waals surface area contributed by atoms with Crippen molar-refractivity contribution >= 4 is 10.9 Å². The number of rotatable bonds is 7. The van der Waals surface area contributed by atoms with Crippen LogP contribution in [-0.4, -0.2) is 35.7 Å². The molecule has 1 N–H and O–H groups in total. The highest BCUT2D eigenvalue weighted by Crippen LogP contribution is 2.44. The molecule has 3 aromatic rings. The number of aromatic nitrogens is 1. The van der Waals surface area contributed by atoms with E-state index in [9.17, 15) is 27.5 Å². The van der Waals surface area contributed by atoms with Crippen molar-refractivity contribution in [3.8, 4) is 11.5 Å². The second-order valence-corrected chi connectivity index (χ2v) is 8.61. The molecule has 9 heteroatoms. The van der Waals surface area contributed by atoms with Gasteiger partial charge in [0.15, 0.2) is 11.4 Å². The van der Waals surface area contributed by atoms with E-state index in [-0.39, 0.29) is 28.0 Å². The standard InChI is InChI=1S/C24H25F4NO4/c1-22(2,17-11-15(25)9-10-19(17)32-3)13-23(31,24(26,27)28)14-29-12-20(33-4)21(30)16-7-5-6-8-18(16)29/h5-12,31H,13-14H2,1-4H3. The van der Waals surface area contributed by atoms with Crippen LogP contribution in [0.4, 0.5) is 17.6 Å². The van der Waals surface area contributed by atoms with Crippen molar-refractivity contribution in [2.24, 2.45) is 0 Å². The minimum absolute atomic E-state index is 0.149. The topological polar surface area (TPSA) is 60.7 Å². The van der Waals surface area contributed by atoms with Gasteiger partial charge in [0.05, 0.1) is 32.5 Å². The molecule has 0 fully saturated rings. The first-order chi connectivity index (χ1) is 15.3. The first-order valence-corrected chi connectivity index (χ1v) is 10.1. The van der Waals surface area contributed by atoms with E-state index in [1.54, 1.807) is 12.1 Å². The number of hydrogen-bond acceptors (Lipinski definition) is 4. The van der Waals surface area contributed by atoms with E-state index in [4.69, 9.17) is 9.47 Å². The molecule has 0 radical (unpaired) electrons. The van der Waals surface area contributed by atoms with E-state index < -0.39 is 41.4 Å². The molecule has 1 aromatic heterocycles. The average Bonchev–Trinajstić information content (AvgIpc) is 2.74. The number of ether oxygens (including phenoxy) is 2. The Morgan fingerprint density at radius 2 is 1.64 bits per heavy atom. The number of hydrogen-bond donors (Lipinski definition) is 1. The van der Waals surface area contributed by atoms with Gasteiger partial charge in [-0.1, -0.05) is 26.0 Å². The highest BCUT2D eigenvalue weighted by Gasteiger charge is 2.56. The van der Waals surface area contributed by atoms with Crippen molar-refractivity contribution in [1.82, 2.24) is 4.57 Å². The molecule has 0 saturated carbocycles. The van der Waals surface area contributed by atoms with E-state index in [2.05, 4.69) is 0 Å². The predicted molar refractivity (Wildman–Crippen MR) is 116 cm³/mol. The average molecular weight is 467 g/mol. The molecule has 33 heavy (non-hydrogen) atoms. The van der Waals surface area contributed by atoms with Gasteiger partial charge < -0.3 is 19.1 Å². The fourth-order valence-electron chi connectivity index (χ4n) is 4.16. The van der Waals surface area contributed by atoms with Crippen molar-refractivity contribution in [2.75, 3.05) is 14.2 Å². The predicted octanol–water partition coefficient (Wildman–Crippen LogP) is 4.82. The second-order valence-electron chi connectivity index (χ2n) is 8.61. The Morgan fingerprint density at radius 1 is 1.00 bits per heavy atom. The van der Waals surface area contributed by atoms with Gasteiger partial charge >= 0.3 is 6.18 Å². The summed E-state index contributed by atoms with van der Waals surface area (Å²) in [6.45, 7) is 2.05. The number of nitrogens with zero attached hydrogens (tertiary/aromatic N) is 1. The van der Waals surface area contributed by atoms with Crippen LogP contribution in [0.1, 0.15) is 25.8 Å². The zero-order valence-electron chi connectivity index (χ0n) is 18.7. The lowest BCUT2D eigenvalue weighted by molar-refractivity contribution is -0.271. The largest absolute Gasteiger partial charge is 0.496 e. The van der Waals surface area contributed by atoms with Crippen molar-refractivity contribution < 1.29 is 32.1 Å². The molecular weight excluding hydrogens is 442 g/mol. The zero-order chi connectivity index (χ0) is 24.6. The Hall–Kier alpha value is -3.07. The van der Waals surface area contributed by atoms with Gasteiger partial charge in [0.25, 0.3) is 0 Å². The number of alkyl halides is 3. The Kier molecular flexibility index (Phi) is 6.48. The maximum atomic E-state index is 14.3. The third-order valence-corrected chi connectivity index (χ3v) is 5.76. The SMILES string of the molecule is COc1ccc(F)cc1C(C)(C)CC(O)(Cn1cc(OC)c(=O)c2ccccc21)C(F)(F)F. The van der Waals surface area contributed by atoms with Gasteiger partial charge in [-0.25, -0.2) is 4.39 Å². The van der Waals surface area contributed by atoms with Crippen LogP contribution in [0.3, 0.4) is 0 Å². The van der Waals surface area contributed by atoms with Crippen LogP contribution in [0.2, 0.25) is 0 Å². The number of fused-ring (bicyclic) bond motifs is 1. The smallest absolute Gasteiger partial charge is 0.418 e. The first-order valence-electron chi connectivity index (χ1n) is 10.1. The zero-order valence-corrected chi connectivity index (χ0v) is 18.7. The van der Waals surface area contributed by atoms with E-state index in [0.29, 0.717) is 0 Å². The van der Waals surface area contributed by atoms with E-state index in [0.717, 1.165) is 22.9 Å². The number of aliphatic hydroxyl groups is 1. The molecule has 0 aliphatic heterocycles. The van der Waals surface area contributed by atoms with E-state index in [1.807, 2.05) is 0 Å². The minimum Gasteiger partial charge on any atom is -0.496 e. The summed E-state index contributed by atoms with van der Waals surface area (Å²) in [6, 6.07) is 9.72. The number of para-hydroxylation sites is 1. The summed E-state index contributed by atoms with van der Waals surface area (Å²) >= 11 is 0. The molecule has 0 spiro atoms. The quantitative estimate of drug-likeness (QED) is 0.507. The minimum atomic E-state index is -5.04. The fourth-order valence-corrected chi connectivity index (χ4v) is 4.16. The van der Waals surface area contributed by atoms with E-state index in [1.165, 1.54) is 46.3 Å². The normalized spacial score (nSPS) is 14.2. The lowest BCUT2D eigenvalue weighted by Crippen LogP contribution is -2.52. The van der Waals surface area contributed by atoms with Gasteiger partial charge in [-0.15, -0.1) is 0 Å². The Labute approximate surface area is 188 Å². The molecule has 3 rings (SSSR count). The third-order valence-electron chi connectivity index (χ3n) is 5.76. The summed E-state index contributed by atoms with van der Waals surface area (Å²) in [7, 11) is 2.58. The molecule has 0 aliphatic carbocycles. The summed E-state index contributed by atoms with van der Waals surface area (Å²) in [6.07, 6.45) is -4.69. The van der Waals surface area contributed by atoms with Gasteiger partial charge in [0.1, 0.15) is 11.6 Å². The van der Waals surface area contributed by atoms with Crippen LogP contribution in [0, 0.1) is 5.82 Å². The summed E-state index contributed by atoms with van der Waals surface area (Å²) in [5.41, 5.74) is -4.63. The second kappa shape index (κ2) is 8.70. The Morgan fingerprint density at radius 3 is 2.24 bits per heavy atom. The molecule has 1 heterocycles. The first kappa shape index (κ1) is 24.6. The van der Waals surface area contributed by atoms with Crippen molar-refractivity contribution in [2.45, 2.75) is 44.0 Å². The molecule has 0 bridgehead atoms. The lowest BCUT2D eigenvalue weighted by atomic mass is 9.74. The number of halogens is 4. The van der Waals surface area contributed by atoms with Crippen LogP contribution >= 0.6 is 0 Å². The molecule has 0 saturated heterocycles. The van der Waals surface area contributed by atoms with Gasteiger partial charge in [0, 0.05) is 10.9 Å². The van der Waals surface area contributed by atoms with Crippen LogP contribution in [0.15, 0.2) is 53.5 Å². The van der Waals surface area contributed by atoms with Gasteiger partial charge in [-0.05, 0) is 42.2 Å². The number of pyridine rings is 1. The fraction of sp³-hybridized carbons (Fsp3) is 0.375. The van der Waals surface area contributed by atoms with Crippen molar-refractivity contribution in [1.29, 1.82) is 0 Å². The molecule has 178 valence electrons. The highest BCUT2D eigenvalue weighted by molar-refractivity contribution is 5.80. The number of benzene rings is 2. The molecule has 2 aromatic carbocycles. The van der Waals surface area contributed by atoms with Gasteiger partial charge in [-0.3, -0.25) is 4.79 Å².